The van der Waals surface area contributed by atoms with Crippen molar-refractivity contribution in [3.8, 4) is 0 Å². The molecule has 1 fully saturated rings. The summed E-state index contributed by atoms with van der Waals surface area (Å²) in [5.41, 5.74) is 0.491. The van der Waals surface area contributed by atoms with Crippen LogP contribution in [0.4, 0.5) is 8.78 Å². The van der Waals surface area contributed by atoms with Crippen LogP contribution in [0.1, 0.15) is 44.3 Å². The molecule has 3 heteroatoms. The third-order valence-electron chi connectivity index (χ3n) is 3.89. The van der Waals surface area contributed by atoms with Crippen molar-refractivity contribution in [1.29, 1.82) is 0 Å². The number of halogens is 2. The fourth-order valence-corrected chi connectivity index (χ4v) is 2.74. The molecular formula is C14H18F2O. The maximum Gasteiger partial charge on any atom is 0.159 e. The average molecular weight is 240 g/mol. The van der Waals surface area contributed by atoms with Gasteiger partial charge < -0.3 is 5.11 Å². The third-order valence-corrected chi connectivity index (χ3v) is 3.89. The monoisotopic (exact) mass is 240 g/mol. The summed E-state index contributed by atoms with van der Waals surface area (Å²) >= 11 is 0. The topological polar surface area (TPSA) is 20.2 Å². The molecule has 1 saturated carbocycles. The number of rotatable bonds is 3. The third kappa shape index (κ3) is 2.65. The molecule has 1 aromatic rings. The molecule has 1 aromatic carbocycles. The lowest BCUT2D eigenvalue weighted by Crippen LogP contribution is -2.10. The van der Waals surface area contributed by atoms with Crippen LogP contribution in [0.25, 0.3) is 0 Å². The van der Waals surface area contributed by atoms with Gasteiger partial charge in [-0.05, 0) is 42.4 Å². The maximum atomic E-state index is 13.1. The minimum Gasteiger partial charge on any atom is -0.388 e. The standard InChI is InChI=1S/C14H18F2O/c1-2-9-3-4-10(7-9)14(17)11-5-6-12(15)13(16)8-11/h5-6,8-10,14,17H,2-4,7H2,1H3. The number of hydrogen-bond donors (Lipinski definition) is 1. The van der Waals surface area contributed by atoms with Gasteiger partial charge in [-0.2, -0.15) is 0 Å². The lowest BCUT2D eigenvalue weighted by molar-refractivity contribution is 0.108. The Labute approximate surface area is 100 Å². The molecule has 0 saturated heterocycles. The second-order valence-corrected chi connectivity index (χ2v) is 4.97. The Bertz CT molecular complexity index is 392. The van der Waals surface area contributed by atoms with E-state index in [1.54, 1.807) is 0 Å². The molecule has 0 heterocycles. The molecule has 0 aliphatic heterocycles. The van der Waals surface area contributed by atoms with Crippen molar-refractivity contribution < 1.29 is 13.9 Å². The number of aliphatic hydroxyl groups is 1. The zero-order valence-electron chi connectivity index (χ0n) is 10.00. The summed E-state index contributed by atoms with van der Waals surface area (Å²) in [5.74, 6) is -0.893. The van der Waals surface area contributed by atoms with Crippen LogP contribution in [0, 0.1) is 23.5 Å². The second-order valence-electron chi connectivity index (χ2n) is 4.97. The van der Waals surface area contributed by atoms with Crippen LogP contribution in [-0.2, 0) is 0 Å². The van der Waals surface area contributed by atoms with Gasteiger partial charge in [-0.25, -0.2) is 8.78 Å². The number of aliphatic hydroxyl groups excluding tert-OH is 1. The van der Waals surface area contributed by atoms with E-state index in [9.17, 15) is 13.9 Å². The summed E-state index contributed by atoms with van der Waals surface area (Å²) in [5, 5.41) is 10.2. The van der Waals surface area contributed by atoms with Crippen LogP contribution in [-0.4, -0.2) is 5.11 Å². The molecule has 0 bridgehead atoms. The Balaban J connectivity index is 2.09. The number of benzene rings is 1. The smallest absolute Gasteiger partial charge is 0.159 e. The highest BCUT2D eigenvalue weighted by atomic mass is 19.2. The van der Waals surface area contributed by atoms with Crippen molar-refractivity contribution in [3.05, 3.63) is 35.4 Å². The molecule has 17 heavy (non-hydrogen) atoms. The van der Waals surface area contributed by atoms with Gasteiger partial charge >= 0.3 is 0 Å². The van der Waals surface area contributed by atoms with E-state index < -0.39 is 17.7 Å². The first-order chi connectivity index (χ1) is 8.11. The normalized spacial score (nSPS) is 26.1. The maximum absolute atomic E-state index is 13.1. The molecule has 0 amide bonds. The van der Waals surface area contributed by atoms with Gasteiger partial charge in [-0.1, -0.05) is 25.8 Å². The van der Waals surface area contributed by atoms with Crippen LogP contribution in [0.3, 0.4) is 0 Å². The Hall–Kier alpha value is -0.960. The van der Waals surface area contributed by atoms with Crippen LogP contribution < -0.4 is 0 Å². The van der Waals surface area contributed by atoms with Gasteiger partial charge in [0.1, 0.15) is 0 Å². The first-order valence-corrected chi connectivity index (χ1v) is 6.24. The van der Waals surface area contributed by atoms with E-state index in [2.05, 4.69) is 6.92 Å². The van der Waals surface area contributed by atoms with Gasteiger partial charge in [-0.3, -0.25) is 0 Å². The minimum absolute atomic E-state index is 0.185. The van der Waals surface area contributed by atoms with Gasteiger partial charge in [0.05, 0.1) is 6.10 Å². The second kappa shape index (κ2) is 5.13. The average Bonchev–Trinajstić information content (AvgIpc) is 2.80. The minimum atomic E-state index is -0.883. The Morgan fingerprint density at radius 1 is 1.29 bits per heavy atom. The van der Waals surface area contributed by atoms with E-state index in [-0.39, 0.29) is 5.92 Å². The molecule has 0 radical (unpaired) electrons. The highest BCUT2D eigenvalue weighted by molar-refractivity contribution is 5.20. The highest BCUT2D eigenvalue weighted by Crippen LogP contribution is 2.40. The summed E-state index contributed by atoms with van der Waals surface area (Å²) < 4.78 is 25.9. The summed E-state index contributed by atoms with van der Waals surface area (Å²) in [6.45, 7) is 2.15. The molecule has 2 rings (SSSR count). The van der Waals surface area contributed by atoms with Gasteiger partial charge in [0.2, 0.25) is 0 Å². The molecule has 3 unspecified atom stereocenters. The molecular weight excluding hydrogens is 222 g/mol. The molecule has 1 aliphatic rings. The summed E-state index contributed by atoms with van der Waals surface area (Å²) in [6.07, 6.45) is 3.54. The van der Waals surface area contributed by atoms with E-state index in [1.807, 2.05) is 0 Å². The van der Waals surface area contributed by atoms with Gasteiger partial charge in [0.15, 0.2) is 11.6 Å². The predicted octanol–water partition coefficient (Wildman–Crippen LogP) is 3.82. The van der Waals surface area contributed by atoms with E-state index >= 15 is 0 Å². The van der Waals surface area contributed by atoms with E-state index in [0.717, 1.165) is 37.8 Å². The van der Waals surface area contributed by atoms with Crippen molar-refractivity contribution in [2.24, 2.45) is 11.8 Å². The predicted molar refractivity (Wildman–Crippen MR) is 62.4 cm³/mol. The number of hydrogen-bond acceptors (Lipinski definition) is 1. The summed E-state index contributed by atoms with van der Waals surface area (Å²) in [6, 6.07) is 3.67. The van der Waals surface area contributed by atoms with Gasteiger partial charge in [-0.15, -0.1) is 0 Å². The first kappa shape index (κ1) is 12.5. The zero-order chi connectivity index (χ0) is 12.4. The molecule has 94 valence electrons. The first-order valence-electron chi connectivity index (χ1n) is 6.24. The van der Waals surface area contributed by atoms with Crippen molar-refractivity contribution in [2.45, 2.75) is 38.7 Å². The van der Waals surface area contributed by atoms with Crippen LogP contribution in [0.15, 0.2) is 18.2 Å². The molecule has 1 N–H and O–H groups in total. The van der Waals surface area contributed by atoms with E-state index in [4.69, 9.17) is 0 Å². The van der Waals surface area contributed by atoms with Crippen molar-refractivity contribution in [3.63, 3.8) is 0 Å². The molecule has 1 nitrogen and oxygen atoms in total. The van der Waals surface area contributed by atoms with Crippen molar-refractivity contribution in [2.75, 3.05) is 0 Å². The zero-order valence-corrected chi connectivity index (χ0v) is 10.00. The quantitative estimate of drug-likeness (QED) is 0.851. The van der Waals surface area contributed by atoms with E-state index in [1.165, 1.54) is 6.07 Å². The van der Waals surface area contributed by atoms with Gasteiger partial charge in [0, 0.05) is 0 Å². The Morgan fingerprint density at radius 2 is 2.06 bits per heavy atom. The van der Waals surface area contributed by atoms with Crippen molar-refractivity contribution in [1.82, 2.24) is 0 Å². The molecule has 3 atom stereocenters. The fourth-order valence-electron chi connectivity index (χ4n) is 2.74. The lowest BCUT2D eigenvalue weighted by Gasteiger charge is -2.18. The molecule has 0 aromatic heterocycles. The van der Waals surface area contributed by atoms with E-state index in [0.29, 0.717) is 11.5 Å². The molecule has 0 spiro atoms. The SMILES string of the molecule is CCC1CCC(C(O)c2ccc(F)c(F)c2)C1. The van der Waals surface area contributed by atoms with Crippen molar-refractivity contribution >= 4 is 0 Å². The largest absolute Gasteiger partial charge is 0.388 e. The van der Waals surface area contributed by atoms with Crippen LogP contribution >= 0.6 is 0 Å². The lowest BCUT2D eigenvalue weighted by atomic mass is 9.93. The van der Waals surface area contributed by atoms with Crippen LogP contribution in [0.2, 0.25) is 0 Å². The van der Waals surface area contributed by atoms with Crippen LogP contribution in [0.5, 0.6) is 0 Å². The highest BCUT2D eigenvalue weighted by Gasteiger charge is 2.30. The summed E-state index contributed by atoms with van der Waals surface area (Å²) in [4.78, 5) is 0. The van der Waals surface area contributed by atoms with Gasteiger partial charge in [0.25, 0.3) is 0 Å². The summed E-state index contributed by atoms with van der Waals surface area (Å²) in [7, 11) is 0. The fraction of sp³-hybridized carbons (Fsp3) is 0.571. The Kier molecular flexibility index (Phi) is 3.77. The Morgan fingerprint density at radius 3 is 2.65 bits per heavy atom. The molecule has 1 aliphatic carbocycles.